The van der Waals surface area contributed by atoms with Crippen LogP contribution in [-0.2, 0) is 6.42 Å². The van der Waals surface area contributed by atoms with Crippen LogP contribution < -0.4 is 5.32 Å². The molecule has 23 heavy (non-hydrogen) atoms. The zero-order chi connectivity index (χ0) is 16.2. The van der Waals surface area contributed by atoms with Gasteiger partial charge in [-0.25, -0.2) is 0 Å². The second-order valence-corrected chi connectivity index (χ2v) is 5.59. The van der Waals surface area contributed by atoms with Gasteiger partial charge in [0.05, 0.1) is 12.1 Å². The average Bonchev–Trinajstić information content (AvgIpc) is 3.25. The van der Waals surface area contributed by atoms with E-state index in [0.717, 1.165) is 23.5 Å². The molecule has 3 rings (SSSR count). The summed E-state index contributed by atoms with van der Waals surface area (Å²) in [7, 11) is 0. The first-order valence-corrected chi connectivity index (χ1v) is 7.91. The molecule has 0 bridgehead atoms. The van der Waals surface area contributed by atoms with Crippen LogP contribution in [0.15, 0.2) is 51.4 Å². The van der Waals surface area contributed by atoms with E-state index in [1.807, 2.05) is 49.4 Å². The molecule has 3 aromatic rings. The lowest BCUT2D eigenvalue weighted by Crippen LogP contribution is -2.23. The number of furan rings is 1. The topological polar surface area (TPSA) is 64.1 Å². The van der Waals surface area contributed by atoms with Crippen molar-refractivity contribution in [1.82, 2.24) is 15.5 Å². The van der Waals surface area contributed by atoms with E-state index in [1.54, 1.807) is 0 Å². The van der Waals surface area contributed by atoms with Crippen molar-refractivity contribution in [2.75, 3.05) is 0 Å². The molecule has 5 heteroatoms. The minimum absolute atomic E-state index is 0.0404. The Hall–Kier alpha value is -2.40. The molecule has 0 spiro atoms. The molecule has 0 unspecified atom stereocenters. The molecule has 0 aliphatic rings. The molecule has 0 aliphatic carbocycles. The molecule has 2 atom stereocenters. The lowest BCUT2D eigenvalue weighted by Gasteiger charge is -2.15. The summed E-state index contributed by atoms with van der Waals surface area (Å²) in [5.74, 6) is 3.08. The Bertz CT molecular complexity index is 748. The summed E-state index contributed by atoms with van der Waals surface area (Å²) in [5, 5.41) is 7.52. The van der Waals surface area contributed by atoms with Crippen molar-refractivity contribution in [1.29, 1.82) is 0 Å². The monoisotopic (exact) mass is 311 g/mol. The lowest BCUT2D eigenvalue weighted by atomic mass is 10.2. The van der Waals surface area contributed by atoms with Crippen molar-refractivity contribution >= 4 is 0 Å². The minimum atomic E-state index is -0.0404. The molecule has 0 amide bonds. The number of hydrogen-bond donors (Lipinski definition) is 1. The van der Waals surface area contributed by atoms with Gasteiger partial charge < -0.3 is 8.94 Å². The van der Waals surface area contributed by atoms with Crippen LogP contribution >= 0.6 is 0 Å². The summed E-state index contributed by atoms with van der Waals surface area (Å²) in [5.41, 5.74) is 0.921. The molecule has 0 fully saturated rings. The highest BCUT2D eigenvalue weighted by Gasteiger charge is 2.19. The number of hydrogen-bond acceptors (Lipinski definition) is 5. The van der Waals surface area contributed by atoms with Gasteiger partial charge in [0.2, 0.25) is 0 Å². The van der Waals surface area contributed by atoms with E-state index in [1.165, 1.54) is 0 Å². The quantitative estimate of drug-likeness (QED) is 0.735. The fourth-order valence-corrected chi connectivity index (χ4v) is 2.46. The molecule has 2 heterocycles. The highest BCUT2D eigenvalue weighted by atomic mass is 16.5. The van der Waals surface area contributed by atoms with Gasteiger partial charge in [-0.15, -0.1) is 0 Å². The van der Waals surface area contributed by atoms with E-state index in [0.29, 0.717) is 11.7 Å². The molecule has 0 saturated heterocycles. The van der Waals surface area contributed by atoms with E-state index < -0.39 is 0 Å². The first-order valence-electron chi connectivity index (χ1n) is 7.91. The fraction of sp³-hybridized carbons (Fsp3) is 0.333. The Balaban J connectivity index is 1.68. The smallest absolute Gasteiger partial charge is 0.257 e. The Morgan fingerprint density at radius 3 is 2.52 bits per heavy atom. The Kier molecular flexibility index (Phi) is 4.57. The van der Waals surface area contributed by atoms with Gasteiger partial charge in [-0.1, -0.05) is 30.3 Å². The van der Waals surface area contributed by atoms with Crippen LogP contribution in [0, 0.1) is 0 Å². The van der Waals surface area contributed by atoms with Gasteiger partial charge in [0, 0.05) is 12.0 Å². The Morgan fingerprint density at radius 2 is 1.83 bits per heavy atom. The largest absolute Gasteiger partial charge is 0.464 e. The molecule has 120 valence electrons. The molecule has 2 aromatic heterocycles. The van der Waals surface area contributed by atoms with Crippen LogP contribution in [0.3, 0.4) is 0 Å². The standard InChI is InChI=1S/C18H21N3O2/c1-4-15-10-11-16(22-15)12(2)19-13(3)17-20-18(23-21-17)14-8-6-5-7-9-14/h5-13,19H,4H2,1-3H3/t12-,13-/m0/s1. The molecular weight excluding hydrogens is 290 g/mol. The summed E-state index contributed by atoms with van der Waals surface area (Å²) in [6, 6.07) is 13.8. The first kappa shape index (κ1) is 15.5. The molecule has 0 radical (unpaired) electrons. The summed E-state index contributed by atoms with van der Waals surface area (Å²) < 4.78 is 11.1. The van der Waals surface area contributed by atoms with Gasteiger partial charge in [-0.05, 0) is 38.1 Å². The summed E-state index contributed by atoms with van der Waals surface area (Å²) in [6.07, 6.45) is 0.896. The molecule has 0 aliphatic heterocycles. The number of aryl methyl sites for hydroxylation is 1. The van der Waals surface area contributed by atoms with Crippen molar-refractivity contribution in [2.24, 2.45) is 0 Å². The van der Waals surface area contributed by atoms with Gasteiger partial charge in [0.1, 0.15) is 11.5 Å². The normalized spacial score (nSPS) is 13.9. The van der Waals surface area contributed by atoms with Crippen molar-refractivity contribution in [3.8, 4) is 11.5 Å². The second-order valence-electron chi connectivity index (χ2n) is 5.59. The molecule has 0 saturated carbocycles. The van der Waals surface area contributed by atoms with E-state index >= 15 is 0 Å². The predicted molar refractivity (Wildman–Crippen MR) is 87.8 cm³/mol. The van der Waals surface area contributed by atoms with Crippen molar-refractivity contribution in [3.63, 3.8) is 0 Å². The Labute approximate surface area is 135 Å². The van der Waals surface area contributed by atoms with Crippen molar-refractivity contribution in [2.45, 2.75) is 39.3 Å². The number of benzene rings is 1. The highest BCUT2D eigenvalue weighted by molar-refractivity contribution is 5.52. The number of nitrogens with zero attached hydrogens (tertiary/aromatic N) is 2. The van der Waals surface area contributed by atoms with E-state index in [-0.39, 0.29) is 12.1 Å². The van der Waals surface area contributed by atoms with Crippen LogP contribution in [-0.4, -0.2) is 10.1 Å². The molecule has 1 N–H and O–H groups in total. The third kappa shape index (κ3) is 3.51. The maximum atomic E-state index is 5.78. The van der Waals surface area contributed by atoms with E-state index in [4.69, 9.17) is 8.94 Å². The third-order valence-electron chi connectivity index (χ3n) is 3.81. The van der Waals surface area contributed by atoms with Crippen molar-refractivity contribution in [3.05, 3.63) is 59.8 Å². The third-order valence-corrected chi connectivity index (χ3v) is 3.81. The van der Waals surface area contributed by atoms with Crippen LogP contribution in [0.5, 0.6) is 0 Å². The zero-order valence-corrected chi connectivity index (χ0v) is 13.6. The zero-order valence-electron chi connectivity index (χ0n) is 13.6. The molecule has 5 nitrogen and oxygen atoms in total. The van der Waals surface area contributed by atoms with Gasteiger partial charge >= 0.3 is 0 Å². The van der Waals surface area contributed by atoms with E-state index in [9.17, 15) is 0 Å². The van der Waals surface area contributed by atoms with E-state index in [2.05, 4.69) is 29.3 Å². The van der Waals surface area contributed by atoms with Crippen LogP contribution in [0.2, 0.25) is 0 Å². The second kappa shape index (κ2) is 6.79. The highest BCUT2D eigenvalue weighted by Crippen LogP contribution is 2.22. The van der Waals surface area contributed by atoms with Gasteiger partial charge in [-0.3, -0.25) is 5.32 Å². The molecule has 1 aromatic carbocycles. The average molecular weight is 311 g/mol. The number of rotatable bonds is 6. The van der Waals surface area contributed by atoms with Crippen LogP contribution in [0.25, 0.3) is 11.5 Å². The lowest BCUT2D eigenvalue weighted by molar-refractivity contribution is 0.368. The Morgan fingerprint density at radius 1 is 1.04 bits per heavy atom. The SMILES string of the molecule is CCc1ccc([C@H](C)N[C@@H](C)c2noc(-c3ccccc3)n2)o1. The van der Waals surface area contributed by atoms with Gasteiger partial charge in [0.15, 0.2) is 5.82 Å². The van der Waals surface area contributed by atoms with Crippen LogP contribution in [0.4, 0.5) is 0 Å². The van der Waals surface area contributed by atoms with Gasteiger partial charge in [0.25, 0.3) is 5.89 Å². The van der Waals surface area contributed by atoms with Gasteiger partial charge in [-0.2, -0.15) is 4.98 Å². The molecular formula is C18H21N3O2. The summed E-state index contributed by atoms with van der Waals surface area (Å²) in [4.78, 5) is 4.48. The van der Waals surface area contributed by atoms with Crippen LogP contribution in [0.1, 0.15) is 50.2 Å². The van der Waals surface area contributed by atoms with Crippen molar-refractivity contribution < 1.29 is 8.94 Å². The number of nitrogens with one attached hydrogen (secondary N) is 1. The predicted octanol–water partition coefficient (Wildman–Crippen LogP) is 4.30. The summed E-state index contributed by atoms with van der Waals surface area (Å²) >= 11 is 0. The number of aromatic nitrogens is 2. The minimum Gasteiger partial charge on any atom is -0.464 e. The first-order chi connectivity index (χ1) is 11.2. The fourth-order valence-electron chi connectivity index (χ4n) is 2.46. The maximum absolute atomic E-state index is 5.78. The maximum Gasteiger partial charge on any atom is 0.257 e. The summed E-state index contributed by atoms with van der Waals surface area (Å²) in [6.45, 7) is 6.15.